The highest BCUT2D eigenvalue weighted by molar-refractivity contribution is 7.92. The summed E-state index contributed by atoms with van der Waals surface area (Å²) in [4.78, 5) is 13.5. The van der Waals surface area contributed by atoms with Crippen molar-refractivity contribution in [2.24, 2.45) is 4.40 Å². The molecule has 4 heterocycles. The topological polar surface area (TPSA) is 128 Å². The lowest BCUT2D eigenvalue weighted by molar-refractivity contribution is 0.466. The number of anilines is 1. The maximum atomic E-state index is 13.6. The molecule has 6 rings (SSSR count). The molecule has 2 atom stereocenters. The van der Waals surface area contributed by atoms with Gasteiger partial charge in [0, 0.05) is 18.2 Å². The predicted octanol–water partition coefficient (Wildman–Crippen LogP) is 3.14. The van der Waals surface area contributed by atoms with Crippen molar-refractivity contribution in [2.45, 2.75) is 29.5 Å². The van der Waals surface area contributed by atoms with E-state index >= 15 is 0 Å². The molecule has 2 aliphatic heterocycles. The van der Waals surface area contributed by atoms with Gasteiger partial charge in [-0.3, -0.25) is 9.31 Å². The van der Waals surface area contributed by atoms with Gasteiger partial charge in [-0.1, -0.05) is 18.2 Å². The van der Waals surface area contributed by atoms with Crippen LogP contribution in [0.1, 0.15) is 34.8 Å². The number of sulfonamides is 1. The predicted molar refractivity (Wildman–Crippen MR) is 138 cm³/mol. The molecule has 37 heavy (non-hydrogen) atoms. The zero-order valence-electron chi connectivity index (χ0n) is 19.3. The lowest BCUT2D eigenvalue weighted by atomic mass is 10.1. The minimum Gasteiger partial charge on any atom is -0.616 e. The van der Waals surface area contributed by atoms with Crippen LogP contribution in [-0.2, 0) is 27.7 Å². The van der Waals surface area contributed by atoms with Crippen molar-refractivity contribution in [3.05, 3.63) is 93.7 Å². The number of hydrogen-bond acceptors (Lipinski definition) is 6. The molecule has 2 aromatic heterocycles. The van der Waals surface area contributed by atoms with Gasteiger partial charge in [0.2, 0.25) is 0 Å². The Labute approximate surface area is 214 Å². The number of aromatic hydroxyl groups is 1. The molecule has 0 aliphatic carbocycles. The molecule has 0 bridgehead atoms. The molecule has 0 saturated carbocycles. The van der Waals surface area contributed by atoms with E-state index in [0.717, 1.165) is 6.42 Å². The van der Waals surface area contributed by atoms with Gasteiger partial charge in [-0.05, 0) is 59.6 Å². The summed E-state index contributed by atoms with van der Waals surface area (Å²) in [5, 5.41) is 13.7. The number of rotatable bonds is 4. The number of hydrogen-bond donors (Lipinski definition) is 2. The molecule has 0 amide bonds. The summed E-state index contributed by atoms with van der Waals surface area (Å²) in [5.74, 6) is -0.557. The van der Waals surface area contributed by atoms with Crippen molar-refractivity contribution in [1.82, 2.24) is 9.20 Å². The van der Waals surface area contributed by atoms with Crippen LogP contribution in [0.4, 0.5) is 10.1 Å². The van der Waals surface area contributed by atoms with Gasteiger partial charge in [0.1, 0.15) is 32.8 Å². The maximum Gasteiger partial charge on any atom is 0.286 e. The zero-order valence-corrected chi connectivity index (χ0v) is 20.9. The Kier molecular flexibility index (Phi) is 5.62. The van der Waals surface area contributed by atoms with Gasteiger partial charge in [-0.25, -0.2) is 9.07 Å². The van der Waals surface area contributed by atoms with E-state index < -0.39 is 38.3 Å². The van der Waals surface area contributed by atoms with Crippen molar-refractivity contribution in [3.63, 3.8) is 0 Å². The largest absolute Gasteiger partial charge is 0.616 e. The first-order chi connectivity index (χ1) is 17.7. The zero-order chi connectivity index (χ0) is 25.9. The molecule has 0 spiro atoms. The summed E-state index contributed by atoms with van der Waals surface area (Å²) in [5.41, 5.74) is 0.776. The minimum absolute atomic E-state index is 0.0378. The minimum atomic E-state index is -4.24. The molecular formula is C25H21FN4O5S2. The Balaban J connectivity index is 1.46. The van der Waals surface area contributed by atoms with Crippen LogP contribution in [-0.4, -0.2) is 38.9 Å². The molecule has 1 fully saturated rings. The number of nitrogens with zero attached hydrogens (tertiary/aromatic N) is 3. The second kappa shape index (κ2) is 8.75. The smallest absolute Gasteiger partial charge is 0.286 e. The van der Waals surface area contributed by atoms with E-state index in [2.05, 4.69) is 9.71 Å². The number of aromatic nitrogens is 2. The molecule has 2 unspecified atom stereocenters. The fourth-order valence-corrected chi connectivity index (χ4v) is 7.61. The van der Waals surface area contributed by atoms with Crippen molar-refractivity contribution in [1.29, 1.82) is 0 Å². The maximum absolute atomic E-state index is 13.6. The third-order valence-electron chi connectivity index (χ3n) is 6.65. The monoisotopic (exact) mass is 540 g/mol. The van der Waals surface area contributed by atoms with Crippen LogP contribution in [0.3, 0.4) is 0 Å². The molecule has 9 nitrogen and oxygen atoms in total. The van der Waals surface area contributed by atoms with E-state index in [-0.39, 0.29) is 39.3 Å². The van der Waals surface area contributed by atoms with Crippen LogP contribution in [0.15, 0.2) is 74.9 Å². The average Bonchev–Trinajstić information content (AvgIpc) is 3.52. The number of fused-ring (bicyclic) bond motifs is 2. The van der Waals surface area contributed by atoms with E-state index in [1.807, 2.05) is 0 Å². The molecule has 4 aromatic rings. The highest BCUT2D eigenvalue weighted by atomic mass is 32.2. The lowest BCUT2D eigenvalue weighted by Gasteiger charge is -2.22. The van der Waals surface area contributed by atoms with Crippen molar-refractivity contribution < 1.29 is 22.5 Å². The Morgan fingerprint density at radius 1 is 1.19 bits per heavy atom. The van der Waals surface area contributed by atoms with E-state index in [1.54, 1.807) is 30.5 Å². The van der Waals surface area contributed by atoms with Crippen LogP contribution in [0.5, 0.6) is 5.75 Å². The number of nitrogens with one attached hydrogen (secondary N) is 1. The van der Waals surface area contributed by atoms with E-state index in [4.69, 9.17) is 0 Å². The van der Waals surface area contributed by atoms with Gasteiger partial charge in [-0.2, -0.15) is 8.42 Å². The van der Waals surface area contributed by atoms with Crippen LogP contribution < -0.4 is 10.9 Å². The van der Waals surface area contributed by atoms with E-state index in [0.29, 0.717) is 23.3 Å². The molecule has 2 N–H and O–H groups in total. The fraction of sp³-hybridized carbons (Fsp3) is 0.200. The number of halogens is 1. The SMILES string of the molecule is O=c1c(C2=NS(=O)(=O)c3cc(C4CCC[S+]4[O-])ccc3N2)c(O)c2cccn2n1Cc1ccc(F)cc1. The second-order valence-electron chi connectivity index (χ2n) is 8.96. The molecule has 1 saturated heterocycles. The summed E-state index contributed by atoms with van der Waals surface area (Å²) in [6, 6.07) is 13.6. The summed E-state index contributed by atoms with van der Waals surface area (Å²) in [6.07, 6.45) is 3.11. The van der Waals surface area contributed by atoms with Gasteiger partial charge in [0.15, 0.2) is 11.6 Å². The molecule has 12 heteroatoms. The second-order valence-corrected chi connectivity index (χ2v) is 12.3. The molecule has 0 radical (unpaired) electrons. The van der Waals surface area contributed by atoms with Crippen molar-refractivity contribution >= 4 is 38.2 Å². The van der Waals surface area contributed by atoms with Gasteiger partial charge in [0.25, 0.3) is 15.6 Å². The Morgan fingerprint density at radius 3 is 2.70 bits per heavy atom. The number of amidine groups is 1. The highest BCUT2D eigenvalue weighted by Crippen LogP contribution is 2.38. The van der Waals surface area contributed by atoms with Crippen molar-refractivity contribution in [3.8, 4) is 5.75 Å². The van der Waals surface area contributed by atoms with Gasteiger partial charge in [0.05, 0.1) is 12.2 Å². The lowest BCUT2D eigenvalue weighted by Crippen LogP contribution is -2.35. The van der Waals surface area contributed by atoms with Gasteiger partial charge < -0.3 is 15.0 Å². The fourth-order valence-electron chi connectivity index (χ4n) is 4.84. The number of benzene rings is 2. The van der Waals surface area contributed by atoms with Gasteiger partial charge >= 0.3 is 0 Å². The molecule has 2 aromatic carbocycles. The standard InChI is InChI=1S/C25H21FN4O5S2/c26-17-8-5-15(6-9-17)14-30-25(32)22(23(31)19-3-1-11-29(19)30)24-27-18-10-7-16(20-4-2-12-36(20)33)13-21(18)37(34,35)28-24/h1,3,5-11,13,20,31H,2,4,12,14H2,(H,27,28). The van der Waals surface area contributed by atoms with E-state index in [9.17, 15) is 27.3 Å². The third-order valence-corrected chi connectivity index (χ3v) is 9.80. The normalized spacial score (nSPS) is 20.4. The van der Waals surface area contributed by atoms with Crippen LogP contribution in [0, 0.1) is 5.82 Å². The Bertz CT molecular complexity index is 1750. The average molecular weight is 541 g/mol. The molecular weight excluding hydrogens is 519 g/mol. The van der Waals surface area contributed by atoms with Crippen LogP contribution >= 0.6 is 0 Å². The van der Waals surface area contributed by atoms with Crippen LogP contribution in [0.2, 0.25) is 0 Å². The Hall–Kier alpha value is -3.61. The third kappa shape index (κ3) is 4.01. The summed E-state index contributed by atoms with van der Waals surface area (Å²) < 4.78 is 58.7. The van der Waals surface area contributed by atoms with Crippen LogP contribution in [0.25, 0.3) is 5.52 Å². The van der Waals surface area contributed by atoms with E-state index in [1.165, 1.54) is 39.5 Å². The first-order valence-electron chi connectivity index (χ1n) is 11.5. The summed E-state index contributed by atoms with van der Waals surface area (Å²) in [7, 11) is -4.24. The van der Waals surface area contributed by atoms with Crippen molar-refractivity contribution in [2.75, 3.05) is 11.1 Å². The summed E-state index contributed by atoms with van der Waals surface area (Å²) >= 11 is -1.06. The first-order valence-corrected chi connectivity index (χ1v) is 14.4. The quantitative estimate of drug-likeness (QED) is 0.383. The highest BCUT2D eigenvalue weighted by Gasteiger charge is 2.34. The molecule has 2 aliphatic rings. The molecule has 190 valence electrons. The Morgan fingerprint density at radius 2 is 1.97 bits per heavy atom. The van der Waals surface area contributed by atoms with Gasteiger partial charge in [-0.15, -0.1) is 4.40 Å². The summed E-state index contributed by atoms with van der Waals surface area (Å²) in [6.45, 7) is 0.0378. The first kappa shape index (κ1) is 23.8.